The van der Waals surface area contributed by atoms with Gasteiger partial charge in [-0.25, -0.2) is 0 Å². The molecule has 0 aliphatic carbocycles. The number of rotatable bonds is 2. The highest BCUT2D eigenvalue weighted by Gasteiger charge is 2.24. The lowest BCUT2D eigenvalue weighted by Crippen LogP contribution is -2.35. The molecule has 3 nitrogen and oxygen atoms in total. The smallest absolute Gasteiger partial charge is 0.252 e. The van der Waals surface area contributed by atoms with Crippen LogP contribution in [0.3, 0.4) is 0 Å². The average molecular weight is 329 g/mol. The zero-order chi connectivity index (χ0) is 17.6. The fourth-order valence-electron chi connectivity index (χ4n) is 3.17. The normalized spacial score (nSPS) is 15.4. The molecule has 1 unspecified atom stereocenters. The van der Waals surface area contributed by atoms with Crippen LogP contribution < -0.4 is 5.32 Å². The third-order valence-corrected chi connectivity index (χ3v) is 4.41. The standard InChI is InChI=1S/C21H17NO.CH2O/c23-21-19-9-5-4-8-18(19)14-20(22-21)17-12-10-16(11-13-17)15-6-2-1-3-7-15;1-2/h1-13,20H,14H2,(H,22,23);1H2. The zero-order valence-electron chi connectivity index (χ0n) is 13.8. The third kappa shape index (κ3) is 3.50. The van der Waals surface area contributed by atoms with E-state index in [-0.39, 0.29) is 11.9 Å². The Bertz CT molecular complexity index is 857. The van der Waals surface area contributed by atoms with Crippen LogP contribution in [-0.4, -0.2) is 12.7 Å². The summed E-state index contributed by atoms with van der Waals surface area (Å²) in [5.41, 5.74) is 5.46. The molecule has 0 saturated heterocycles. The lowest BCUT2D eigenvalue weighted by molar-refractivity contribution is -0.0980. The number of hydrogen-bond acceptors (Lipinski definition) is 2. The van der Waals surface area contributed by atoms with E-state index in [9.17, 15) is 4.79 Å². The topological polar surface area (TPSA) is 46.2 Å². The summed E-state index contributed by atoms with van der Waals surface area (Å²) in [7, 11) is 0. The molecular formula is C22H19NO2. The third-order valence-electron chi connectivity index (χ3n) is 4.41. The summed E-state index contributed by atoms with van der Waals surface area (Å²) in [4.78, 5) is 20.2. The van der Waals surface area contributed by atoms with Crippen LogP contribution in [0, 0.1) is 0 Å². The number of hydrogen-bond donors (Lipinski definition) is 1. The fourth-order valence-corrected chi connectivity index (χ4v) is 3.17. The van der Waals surface area contributed by atoms with Gasteiger partial charge in [-0.15, -0.1) is 0 Å². The van der Waals surface area contributed by atoms with Gasteiger partial charge in [0.2, 0.25) is 0 Å². The van der Waals surface area contributed by atoms with Gasteiger partial charge in [0, 0.05) is 5.56 Å². The number of amides is 1. The molecule has 0 bridgehead atoms. The maximum Gasteiger partial charge on any atom is 0.252 e. The molecule has 4 rings (SSSR count). The van der Waals surface area contributed by atoms with Crippen LogP contribution in [0.25, 0.3) is 11.1 Å². The summed E-state index contributed by atoms with van der Waals surface area (Å²) in [5.74, 6) is 0.0176. The summed E-state index contributed by atoms with van der Waals surface area (Å²) >= 11 is 0. The van der Waals surface area contributed by atoms with E-state index in [1.54, 1.807) is 0 Å². The molecule has 0 radical (unpaired) electrons. The van der Waals surface area contributed by atoms with Crippen LogP contribution in [0.2, 0.25) is 0 Å². The second-order valence-electron chi connectivity index (χ2n) is 5.88. The van der Waals surface area contributed by atoms with E-state index in [0.717, 1.165) is 23.1 Å². The van der Waals surface area contributed by atoms with Gasteiger partial charge in [0.15, 0.2) is 0 Å². The Morgan fingerprint density at radius 1 is 0.760 bits per heavy atom. The summed E-state index contributed by atoms with van der Waals surface area (Å²) in [6.07, 6.45) is 0.840. The van der Waals surface area contributed by atoms with E-state index < -0.39 is 0 Å². The minimum Gasteiger partial charge on any atom is -0.345 e. The minimum absolute atomic E-state index is 0.0176. The van der Waals surface area contributed by atoms with Gasteiger partial charge < -0.3 is 10.1 Å². The van der Waals surface area contributed by atoms with Gasteiger partial charge in [-0.2, -0.15) is 0 Å². The first kappa shape index (κ1) is 16.7. The molecule has 0 spiro atoms. The molecule has 3 aromatic carbocycles. The second-order valence-corrected chi connectivity index (χ2v) is 5.88. The Balaban J connectivity index is 0.000000880. The van der Waals surface area contributed by atoms with Crippen molar-refractivity contribution in [3.63, 3.8) is 0 Å². The Morgan fingerprint density at radius 3 is 2.08 bits per heavy atom. The van der Waals surface area contributed by atoms with Crippen LogP contribution in [-0.2, 0) is 11.2 Å². The molecule has 1 aliphatic heterocycles. The van der Waals surface area contributed by atoms with Crippen molar-refractivity contribution in [3.05, 3.63) is 95.6 Å². The van der Waals surface area contributed by atoms with E-state index >= 15 is 0 Å². The van der Waals surface area contributed by atoms with Crippen molar-refractivity contribution < 1.29 is 9.59 Å². The van der Waals surface area contributed by atoms with Crippen molar-refractivity contribution >= 4 is 12.7 Å². The van der Waals surface area contributed by atoms with E-state index in [2.05, 4.69) is 41.7 Å². The number of benzene rings is 3. The predicted octanol–water partition coefficient (Wildman–Crippen LogP) is 4.20. The molecule has 0 fully saturated rings. The summed E-state index contributed by atoms with van der Waals surface area (Å²) in [6, 6.07) is 26.7. The number of nitrogens with one attached hydrogen (secondary N) is 1. The van der Waals surface area contributed by atoms with Crippen molar-refractivity contribution in [2.45, 2.75) is 12.5 Å². The molecule has 1 N–H and O–H groups in total. The zero-order valence-corrected chi connectivity index (χ0v) is 13.8. The summed E-state index contributed by atoms with van der Waals surface area (Å²) in [5, 5.41) is 3.11. The number of carbonyl (C=O) groups excluding carboxylic acids is 2. The highest BCUT2D eigenvalue weighted by atomic mass is 16.1. The SMILES string of the molecule is C=O.O=C1NC(c2ccc(-c3ccccc3)cc2)Cc2ccccc21. The molecule has 25 heavy (non-hydrogen) atoms. The number of carbonyl (C=O) groups is 2. The van der Waals surface area contributed by atoms with Crippen LogP contribution in [0.4, 0.5) is 0 Å². The van der Waals surface area contributed by atoms with Gasteiger partial charge >= 0.3 is 0 Å². The van der Waals surface area contributed by atoms with Crippen molar-refractivity contribution in [1.82, 2.24) is 5.32 Å². The van der Waals surface area contributed by atoms with Crippen LogP contribution in [0.5, 0.6) is 0 Å². The van der Waals surface area contributed by atoms with Gasteiger partial charge in [0.1, 0.15) is 6.79 Å². The van der Waals surface area contributed by atoms with Gasteiger partial charge in [-0.3, -0.25) is 4.79 Å². The summed E-state index contributed by atoms with van der Waals surface area (Å²) < 4.78 is 0. The lowest BCUT2D eigenvalue weighted by atomic mass is 9.90. The average Bonchev–Trinajstić information content (AvgIpc) is 2.70. The number of fused-ring (bicyclic) bond motifs is 1. The van der Waals surface area contributed by atoms with E-state index in [1.165, 1.54) is 11.1 Å². The van der Waals surface area contributed by atoms with Crippen molar-refractivity contribution in [2.24, 2.45) is 0 Å². The maximum absolute atomic E-state index is 12.2. The molecule has 1 heterocycles. The van der Waals surface area contributed by atoms with E-state index in [1.807, 2.05) is 49.3 Å². The van der Waals surface area contributed by atoms with Crippen LogP contribution in [0.15, 0.2) is 78.9 Å². The quantitative estimate of drug-likeness (QED) is 0.766. The molecular weight excluding hydrogens is 310 g/mol. The van der Waals surface area contributed by atoms with E-state index in [4.69, 9.17) is 4.79 Å². The largest absolute Gasteiger partial charge is 0.345 e. The van der Waals surface area contributed by atoms with Gasteiger partial charge in [-0.1, -0.05) is 72.8 Å². The molecule has 0 saturated carbocycles. The maximum atomic E-state index is 12.2. The molecule has 0 aromatic heterocycles. The fraction of sp³-hybridized carbons (Fsp3) is 0.0909. The molecule has 1 atom stereocenters. The first-order valence-corrected chi connectivity index (χ1v) is 8.14. The second kappa shape index (κ2) is 7.58. The van der Waals surface area contributed by atoms with Crippen molar-refractivity contribution in [1.29, 1.82) is 0 Å². The van der Waals surface area contributed by atoms with Gasteiger partial charge in [0.05, 0.1) is 6.04 Å². The van der Waals surface area contributed by atoms with E-state index in [0.29, 0.717) is 0 Å². The first-order valence-electron chi connectivity index (χ1n) is 8.14. The highest BCUT2D eigenvalue weighted by Crippen LogP contribution is 2.27. The van der Waals surface area contributed by atoms with Crippen LogP contribution in [0.1, 0.15) is 27.5 Å². The Hall–Kier alpha value is -3.20. The lowest BCUT2D eigenvalue weighted by Gasteiger charge is -2.26. The highest BCUT2D eigenvalue weighted by molar-refractivity contribution is 5.97. The van der Waals surface area contributed by atoms with Crippen LogP contribution >= 0.6 is 0 Å². The molecule has 3 heteroatoms. The summed E-state index contributed by atoms with van der Waals surface area (Å²) in [6.45, 7) is 2.00. The Kier molecular flexibility index (Phi) is 5.05. The predicted molar refractivity (Wildman–Crippen MR) is 99.4 cm³/mol. The Labute approximate surface area is 147 Å². The van der Waals surface area contributed by atoms with Gasteiger partial charge in [0.25, 0.3) is 5.91 Å². The molecule has 3 aromatic rings. The molecule has 124 valence electrons. The first-order chi connectivity index (χ1) is 12.3. The monoisotopic (exact) mass is 329 g/mol. The van der Waals surface area contributed by atoms with Crippen molar-refractivity contribution in [3.8, 4) is 11.1 Å². The Morgan fingerprint density at radius 2 is 1.36 bits per heavy atom. The molecule has 1 aliphatic rings. The minimum atomic E-state index is 0.0176. The molecule has 1 amide bonds. The van der Waals surface area contributed by atoms with Gasteiger partial charge in [-0.05, 0) is 34.7 Å². The van der Waals surface area contributed by atoms with Crippen molar-refractivity contribution in [2.75, 3.05) is 0 Å².